The molecule has 6 heteroatoms. The molecule has 6 nitrogen and oxygen atoms in total. The van der Waals surface area contributed by atoms with Crippen molar-refractivity contribution in [1.82, 2.24) is 9.97 Å². The number of rotatable bonds is 6. The first-order valence-corrected chi connectivity index (χ1v) is 6.08. The van der Waals surface area contributed by atoms with Gasteiger partial charge >= 0.3 is 0 Å². The molecule has 0 saturated carbocycles. The van der Waals surface area contributed by atoms with Crippen LogP contribution >= 0.6 is 0 Å². The van der Waals surface area contributed by atoms with Gasteiger partial charge in [0.15, 0.2) is 5.82 Å². The Kier molecular flexibility index (Phi) is 4.72. The number of hydrogen-bond donors (Lipinski definition) is 1. The van der Waals surface area contributed by atoms with Gasteiger partial charge in [0, 0.05) is 26.3 Å². The fourth-order valence-electron chi connectivity index (χ4n) is 1.89. The van der Waals surface area contributed by atoms with Crippen LogP contribution in [0.2, 0.25) is 0 Å². The molecule has 100 valence electrons. The zero-order valence-electron chi connectivity index (χ0n) is 10.8. The minimum absolute atomic E-state index is 0.275. The first-order chi connectivity index (χ1) is 8.81. The standard InChI is InChI=1S/C12H19N3O3/c1-16-8-11-14-10(6-12(15-11)17-2)13-7-9-4-3-5-18-9/h6,9H,3-5,7-8H2,1-2H3,(H,13,14,15). The summed E-state index contributed by atoms with van der Waals surface area (Å²) in [6.45, 7) is 1.98. The predicted octanol–water partition coefficient (Wildman–Crippen LogP) is 1.22. The van der Waals surface area contributed by atoms with Crippen LogP contribution in [0.15, 0.2) is 6.07 Å². The van der Waals surface area contributed by atoms with Gasteiger partial charge in [-0.2, -0.15) is 4.98 Å². The minimum atomic E-state index is 0.275. The van der Waals surface area contributed by atoms with Gasteiger partial charge in [-0.05, 0) is 12.8 Å². The number of nitrogens with zero attached hydrogens (tertiary/aromatic N) is 2. The van der Waals surface area contributed by atoms with Gasteiger partial charge < -0.3 is 19.5 Å². The highest BCUT2D eigenvalue weighted by Gasteiger charge is 2.15. The Morgan fingerprint density at radius 2 is 2.33 bits per heavy atom. The molecule has 0 radical (unpaired) electrons. The molecule has 18 heavy (non-hydrogen) atoms. The molecule has 1 aliphatic heterocycles. The molecule has 0 bridgehead atoms. The van der Waals surface area contributed by atoms with Crippen molar-refractivity contribution >= 4 is 5.82 Å². The molecule has 1 atom stereocenters. The molecule has 1 N–H and O–H groups in total. The largest absolute Gasteiger partial charge is 0.481 e. The molecule has 1 unspecified atom stereocenters. The van der Waals surface area contributed by atoms with Crippen LogP contribution in [0.5, 0.6) is 5.88 Å². The quantitative estimate of drug-likeness (QED) is 0.822. The van der Waals surface area contributed by atoms with Crippen molar-refractivity contribution in [3.63, 3.8) is 0 Å². The first kappa shape index (κ1) is 13.0. The number of ether oxygens (including phenoxy) is 3. The highest BCUT2D eigenvalue weighted by Crippen LogP contribution is 2.16. The summed E-state index contributed by atoms with van der Waals surface area (Å²) >= 11 is 0. The monoisotopic (exact) mass is 253 g/mol. The van der Waals surface area contributed by atoms with E-state index in [9.17, 15) is 0 Å². The number of nitrogens with one attached hydrogen (secondary N) is 1. The summed E-state index contributed by atoms with van der Waals surface area (Å²) in [5.74, 6) is 1.88. The maximum Gasteiger partial charge on any atom is 0.218 e. The molecule has 1 fully saturated rings. The Morgan fingerprint density at radius 1 is 1.44 bits per heavy atom. The van der Waals surface area contributed by atoms with E-state index in [4.69, 9.17) is 14.2 Å². The third-order valence-corrected chi connectivity index (χ3v) is 2.77. The van der Waals surface area contributed by atoms with Crippen molar-refractivity contribution in [3.05, 3.63) is 11.9 Å². The lowest BCUT2D eigenvalue weighted by molar-refractivity contribution is 0.120. The van der Waals surface area contributed by atoms with E-state index < -0.39 is 0 Å². The molecule has 0 aromatic carbocycles. The predicted molar refractivity (Wildman–Crippen MR) is 66.8 cm³/mol. The van der Waals surface area contributed by atoms with E-state index in [0.717, 1.165) is 31.8 Å². The third-order valence-electron chi connectivity index (χ3n) is 2.77. The number of aromatic nitrogens is 2. The molecule has 0 aliphatic carbocycles. The smallest absolute Gasteiger partial charge is 0.218 e. The summed E-state index contributed by atoms with van der Waals surface area (Å²) < 4.78 is 15.7. The van der Waals surface area contributed by atoms with Gasteiger partial charge in [-0.25, -0.2) is 4.98 Å². The highest BCUT2D eigenvalue weighted by molar-refractivity contribution is 5.38. The molecular weight excluding hydrogens is 234 g/mol. The van der Waals surface area contributed by atoms with E-state index in [1.165, 1.54) is 0 Å². The van der Waals surface area contributed by atoms with Gasteiger partial charge in [0.1, 0.15) is 12.4 Å². The maximum atomic E-state index is 5.55. The van der Waals surface area contributed by atoms with Crippen molar-refractivity contribution in [2.45, 2.75) is 25.6 Å². The Hall–Kier alpha value is -1.40. The van der Waals surface area contributed by atoms with Crippen molar-refractivity contribution < 1.29 is 14.2 Å². The summed E-state index contributed by atoms with van der Waals surface area (Å²) in [6, 6.07) is 1.77. The molecule has 2 rings (SSSR count). The van der Waals surface area contributed by atoms with Gasteiger partial charge in [0.25, 0.3) is 0 Å². The lowest BCUT2D eigenvalue weighted by atomic mass is 10.2. The van der Waals surface area contributed by atoms with Crippen molar-refractivity contribution in [2.75, 3.05) is 32.7 Å². The van der Waals surface area contributed by atoms with Crippen LogP contribution in [0.25, 0.3) is 0 Å². The summed E-state index contributed by atoms with van der Waals surface area (Å²) in [6.07, 6.45) is 2.51. The second-order valence-electron chi connectivity index (χ2n) is 4.16. The molecule has 1 aliphatic rings. The van der Waals surface area contributed by atoms with Crippen molar-refractivity contribution in [2.24, 2.45) is 0 Å². The van der Waals surface area contributed by atoms with Gasteiger partial charge in [-0.1, -0.05) is 0 Å². The summed E-state index contributed by atoms with van der Waals surface area (Å²) in [5, 5.41) is 3.25. The molecule has 1 aromatic heterocycles. The fraction of sp³-hybridized carbons (Fsp3) is 0.667. The van der Waals surface area contributed by atoms with E-state index in [1.54, 1.807) is 20.3 Å². The summed E-state index contributed by atoms with van der Waals surface area (Å²) in [7, 11) is 3.20. The van der Waals surface area contributed by atoms with Crippen molar-refractivity contribution in [3.8, 4) is 5.88 Å². The van der Waals surface area contributed by atoms with E-state index in [1.807, 2.05) is 0 Å². The summed E-state index contributed by atoms with van der Waals surface area (Å²) in [5.41, 5.74) is 0. The maximum absolute atomic E-state index is 5.55. The lowest BCUT2D eigenvalue weighted by Gasteiger charge is -2.12. The van der Waals surface area contributed by atoms with Crippen molar-refractivity contribution in [1.29, 1.82) is 0 Å². The Labute approximate surface area is 107 Å². The van der Waals surface area contributed by atoms with Crippen LogP contribution in [-0.4, -0.2) is 43.4 Å². The second kappa shape index (κ2) is 6.51. The topological polar surface area (TPSA) is 65.5 Å². The Balaban J connectivity index is 1.98. The Morgan fingerprint density at radius 3 is 3.00 bits per heavy atom. The number of anilines is 1. The van der Waals surface area contributed by atoms with E-state index >= 15 is 0 Å². The van der Waals surface area contributed by atoms with Gasteiger partial charge in [0.05, 0.1) is 13.2 Å². The van der Waals surface area contributed by atoms with E-state index in [-0.39, 0.29) is 6.10 Å². The number of hydrogen-bond acceptors (Lipinski definition) is 6. The van der Waals surface area contributed by atoms with E-state index in [2.05, 4.69) is 15.3 Å². The molecule has 0 amide bonds. The molecule has 2 heterocycles. The first-order valence-electron chi connectivity index (χ1n) is 6.08. The van der Waals surface area contributed by atoms with Crippen LogP contribution in [0.3, 0.4) is 0 Å². The molecule has 1 aromatic rings. The molecule has 1 saturated heterocycles. The average molecular weight is 253 g/mol. The molecule has 0 spiro atoms. The zero-order valence-corrected chi connectivity index (χ0v) is 10.8. The van der Waals surface area contributed by atoms with Crippen LogP contribution in [0.1, 0.15) is 18.7 Å². The fourth-order valence-corrected chi connectivity index (χ4v) is 1.89. The second-order valence-corrected chi connectivity index (χ2v) is 4.16. The van der Waals surface area contributed by atoms with Gasteiger partial charge in [0.2, 0.25) is 5.88 Å². The normalized spacial score (nSPS) is 18.9. The van der Waals surface area contributed by atoms with Gasteiger partial charge in [-0.3, -0.25) is 0 Å². The zero-order chi connectivity index (χ0) is 12.8. The van der Waals surface area contributed by atoms with Crippen LogP contribution in [0, 0.1) is 0 Å². The van der Waals surface area contributed by atoms with Crippen LogP contribution in [-0.2, 0) is 16.1 Å². The SMILES string of the molecule is COCc1nc(NCC2CCCO2)cc(OC)n1. The van der Waals surface area contributed by atoms with Crippen LogP contribution in [0.4, 0.5) is 5.82 Å². The third kappa shape index (κ3) is 3.54. The van der Waals surface area contributed by atoms with E-state index in [0.29, 0.717) is 18.3 Å². The average Bonchev–Trinajstić information content (AvgIpc) is 2.89. The lowest BCUT2D eigenvalue weighted by Crippen LogP contribution is -2.19. The summed E-state index contributed by atoms with van der Waals surface area (Å²) in [4.78, 5) is 8.54. The minimum Gasteiger partial charge on any atom is -0.481 e. The number of methoxy groups -OCH3 is 2. The highest BCUT2D eigenvalue weighted by atomic mass is 16.5. The van der Waals surface area contributed by atoms with Crippen LogP contribution < -0.4 is 10.1 Å². The van der Waals surface area contributed by atoms with Gasteiger partial charge in [-0.15, -0.1) is 0 Å². The molecular formula is C12H19N3O3. The Bertz CT molecular complexity index is 381.